The number of benzene rings is 1. The predicted molar refractivity (Wildman–Crippen MR) is 155 cm³/mol. The summed E-state index contributed by atoms with van der Waals surface area (Å²) in [6.45, 7) is 7.96. The van der Waals surface area contributed by atoms with E-state index in [0.29, 0.717) is 48.6 Å². The van der Waals surface area contributed by atoms with E-state index in [9.17, 15) is 35.9 Å². The second kappa shape index (κ2) is 17.7. The van der Waals surface area contributed by atoms with E-state index in [1.54, 1.807) is 27.9 Å². The van der Waals surface area contributed by atoms with E-state index in [-0.39, 0.29) is 11.6 Å². The van der Waals surface area contributed by atoms with Gasteiger partial charge in [-0.3, -0.25) is 4.79 Å². The number of hydrogen-bond donors (Lipinski definition) is 4. The Morgan fingerprint density at radius 3 is 2.00 bits per heavy atom. The number of rotatable bonds is 10. The Kier molecular flexibility index (Phi) is 15.1. The minimum Gasteiger partial charge on any atom is -0.542 e. The van der Waals surface area contributed by atoms with Gasteiger partial charge < -0.3 is 40.1 Å². The summed E-state index contributed by atoms with van der Waals surface area (Å²) in [6.07, 6.45) is -7.98. The fourth-order valence-electron chi connectivity index (χ4n) is 3.46. The average molecular weight is 695 g/mol. The highest BCUT2D eigenvalue weighted by atomic mass is 19.4. The molecule has 0 spiro atoms. The Hall–Kier alpha value is -5.14. The molecule has 0 saturated heterocycles. The highest BCUT2D eigenvalue weighted by molar-refractivity contribution is 6.02. The van der Waals surface area contributed by atoms with Crippen LogP contribution in [0.15, 0.2) is 34.4 Å². The summed E-state index contributed by atoms with van der Waals surface area (Å²) in [6, 6.07) is 7.44. The number of esters is 1. The van der Waals surface area contributed by atoms with Crippen molar-refractivity contribution >= 4 is 41.7 Å². The molecule has 3 rings (SSSR count). The summed E-state index contributed by atoms with van der Waals surface area (Å²) >= 11 is 0. The van der Waals surface area contributed by atoms with Crippen LogP contribution in [-0.4, -0.2) is 77.7 Å². The number of anilines is 1. The summed E-state index contributed by atoms with van der Waals surface area (Å²) in [7, 11) is 1.61. The molecule has 1 amide bonds. The van der Waals surface area contributed by atoms with Crippen LogP contribution < -0.4 is 25.9 Å². The Morgan fingerprint density at radius 1 is 1.02 bits per heavy atom. The second-order valence-electron chi connectivity index (χ2n) is 10.2. The van der Waals surface area contributed by atoms with Crippen LogP contribution in [0.4, 0.5) is 32.0 Å². The number of aromatic amines is 1. The molecule has 2 heterocycles. The molecule has 0 fully saturated rings. The van der Waals surface area contributed by atoms with Gasteiger partial charge in [-0.2, -0.15) is 31.3 Å². The zero-order chi connectivity index (χ0) is 36.9. The molecule has 1 aromatic heterocycles. The molecule has 0 aliphatic carbocycles. The Bertz CT molecular complexity index is 1460. The molecule has 20 heteroatoms. The fraction of sp³-hybridized carbons (Fsp3) is 0.429. The first kappa shape index (κ1) is 40.9. The first-order valence-electron chi connectivity index (χ1n) is 13.6. The number of halogens is 6. The van der Waals surface area contributed by atoms with Crippen molar-refractivity contribution in [3.63, 3.8) is 0 Å². The van der Waals surface area contributed by atoms with Crippen LogP contribution in [0.5, 0.6) is 5.75 Å². The van der Waals surface area contributed by atoms with Gasteiger partial charge in [0, 0.05) is 17.9 Å². The lowest BCUT2D eigenvalue weighted by Gasteiger charge is -2.19. The first-order valence-corrected chi connectivity index (χ1v) is 13.6. The van der Waals surface area contributed by atoms with Gasteiger partial charge in [0.2, 0.25) is 0 Å². The van der Waals surface area contributed by atoms with E-state index in [0.717, 1.165) is 11.4 Å². The standard InChI is InChI=1S/C24H31N6O4.2C2HF3O2/c1-6-17-20(22(31)25-12-11-19-27-14-28-30-19)18(29-21(17)23(32)34-24(2,3)4)13-26-15-7-9-16(33-5)10-8-15;2*3-2(4,5)1(6)7/h7-10,14,26,29H,6,11-13H2,1-5H3,(H,25,31);2*(H,6,7)/q+1;;/p-1. The number of alkyl halides is 6. The van der Waals surface area contributed by atoms with Crippen LogP contribution in [0.3, 0.4) is 0 Å². The molecule has 2 radical (unpaired) electrons. The van der Waals surface area contributed by atoms with Gasteiger partial charge >= 0.3 is 30.1 Å². The van der Waals surface area contributed by atoms with E-state index in [2.05, 4.69) is 31.1 Å². The van der Waals surface area contributed by atoms with E-state index in [1.807, 2.05) is 31.2 Å². The maximum absolute atomic E-state index is 13.2. The normalized spacial score (nSPS) is 12.4. The number of aliphatic imine (C=N–C) groups is 1. The van der Waals surface area contributed by atoms with E-state index in [1.165, 1.54) is 6.34 Å². The Morgan fingerprint density at radius 2 is 1.58 bits per heavy atom. The largest absolute Gasteiger partial charge is 0.542 e. The maximum atomic E-state index is 13.2. The van der Waals surface area contributed by atoms with Crippen LogP contribution >= 0.6 is 0 Å². The second-order valence-corrected chi connectivity index (χ2v) is 10.2. The third-order valence-electron chi connectivity index (χ3n) is 5.46. The molecule has 0 atom stereocenters. The zero-order valence-corrected chi connectivity index (χ0v) is 26.1. The lowest BCUT2D eigenvalue weighted by molar-refractivity contribution is -0.344. The van der Waals surface area contributed by atoms with Gasteiger partial charge in [-0.05, 0) is 57.0 Å². The number of aliphatic carboxylic acids is 2. The van der Waals surface area contributed by atoms with Crippen molar-refractivity contribution in [3.8, 4) is 5.75 Å². The molecule has 1 aromatic carbocycles. The zero-order valence-electron chi connectivity index (χ0n) is 26.1. The highest BCUT2D eigenvalue weighted by Crippen LogP contribution is 2.25. The Balaban J connectivity index is 0.000000687. The summed E-state index contributed by atoms with van der Waals surface area (Å²) in [5, 5.41) is 25.8. The summed E-state index contributed by atoms with van der Waals surface area (Å²) < 4.78 is 74.1. The summed E-state index contributed by atoms with van der Waals surface area (Å²) in [5.41, 5.74) is 6.00. The third kappa shape index (κ3) is 14.1. The average Bonchev–Trinajstić information content (AvgIpc) is 3.63. The number of carbonyl (C=O) groups excluding carboxylic acids is 3. The molecular weight excluding hydrogens is 662 g/mol. The van der Waals surface area contributed by atoms with Gasteiger partial charge in [0.25, 0.3) is 11.3 Å². The third-order valence-corrected chi connectivity index (χ3v) is 5.46. The van der Waals surface area contributed by atoms with Gasteiger partial charge in [-0.25, -0.2) is 9.59 Å². The molecule has 1 aliphatic heterocycles. The first-order chi connectivity index (χ1) is 22.1. The number of amidine groups is 1. The van der Waals surface area contributed by atoms with Gasteiger partial charge in [0.1, 0.15) is 23.0 Å². The lowest BCUT2D eigenvalue weighted by Crippen LogP contribution is -2.37. The molecule has 0 unspecified atom stereocenters. The van der Waals surface area contributed by atoms with Crippen LogP contribution in [0, 0.1) is 0 Å². The minimum absolute atomic E-state index is 0.283. The molecule has 1 aliphatic rings. The topological polar surface area (TPSA) is 209 Å². The summed E-state index contributed by atoms with van der Waals surface area (Å²) in [5.74, 6) is -5.24. The van der Waals surface area contributed by atoms with Crippen LogP contribution in [0.2, 0.25) is 0 Å². The fourth-order valence-corrected chi connectivity index (χ4v) is 3.46. The van der Waals surface area contributed by atoms with Crippen molar-refractivity contribution in [1.82, 2.24) is 15.7 Å². The van der Waals surface area contributed by atoms with Gasteiger partial charge in [0.05, 0.1) is 30.7 Å². The van der Waals surface area contributed by atoms with Crippen molar-refractivity contribution in [2.24, 2.45) is 10.1 Å². The number of amides is 1. The monoisotopic (exact) mass is 694 g/mol. The molecule has 4 N–H and O–H groups in total. The number of carboxylic acid groups (broad SMARTS) is 2. The van der Waals surface area contributed by atoms with Crippen molar-refractivity contribution in [3.05, 3.63) is 46.8 Å². The number of carboxylic acids is 2. The molecule has 0 bridgehead atoms. The molecule has 48 heavy (non-hydrogen) atoms. The molecule has 2 aromatic rings. The molecule has 0 saturated carbocycles. The number of methoxy groups -OCH3 is 1. The van der Waals surface area contributed by atoms with Gasteiger partial charge in [-0.1, -0.05) is 6.92 Å². The SMILES string of the molecule is CCc1c(C(=O)OC(C)(C)C)[nH]c(CNc2ccc(OC)cc2)c1C(=O)NCCC1=NC=N[N+]1.O=C(O)C(F)(F)F.O=C([O-])C(F)(F)F. The smallest absolute Gasteiger partial charge is 0.490 e. The maximum Gasteiger partial charge on any atom is 0.490 e. The number of nitrogens with zero attached hydrogens (tertiary/aromatic N) is 3. The van der Waals surface area contributed by atoms with Gasteiger partial charge in [0.15, 0.2) is 6.34 Å². The quantitative estimate of drug-likeness (QED) is 0.212. The number of aromatic nitrogens is 1. The van der Waals surface area contributed by atoms with Crippen molar-refractivity contribution in [2.75, 3.05) is 19.0 Å². The van der Waals surface area contributed by atoms with Crippen LogP contribution in [0.1, 0.15) is 66.2 Å². The van der Waals surface area contributed by atoms with E-state index >= 15 is 0 Å². The molecular formula is C28H32F6N6O8. The number of hydrogen-bond acceptors (Lipinski definition) is 10. The highest BCUT2D eigenvalue weighted by Gasteiger charge is 2.38. The number of ether oxygens (including phenoxy) is 2. The van der Waals surface area contributed by atoms with Crippen LogP contribution in [-0.2, 0) is 27.3 Å². The van der Waals surface area contributed by atoms with Crippen molar-refractivity contribution in [1.29, 1.82) is 0 Å². The Labute approximate surface area is 269 Å². The lowest BCUT2D eigenvalue weighted by atomic mass is 10.0. The van der Waals surface area contributed by atoms with Crippen molar-refractivity contribution < 1.29 is 65.2 Å². The number of nitrogens with one attached hydrogen (secondary N) is 3. The van der Waals surface area contributed by atoms with Crippen molar-refractivity contribution in [2.45, 2.75) is 65.0 Å². The van der Waals surface area contributed by atoms with E-state index in [4.69, 9.17) is 29.3 Å². The molecule has 14 nitrogen and oxygen atoms in total. The van der Waals surface area contributed by atoms with E-state index < -0.39 is 35.9 Å². The predicted octanol–water partition coefficient (Wildman–Crippen LogP) is 3.16. The van der Waals surface area contributed by atoms with Crippen LogP contribution in [0.25, 0.3) is 0 Å². The number of carbonyl (C=O) groups is 4. The summed E-state index contributed by atoms with van der Waals surface area (Å²) in [4.78, 5) is 50.9. The minimum atomic E-state index is -5.19. The number of H-pyrrole nitrogens is 1. The van der Waals surface area contributed by atoms with Gasteiger partial charge in [-0.15, -0.1) is 0 Å². The molecule has 264 valence electrons.